The Morgan fingerprint density at radius 1 is 1.42 bits per heavy atom. The van der Waals surface area contributed by atoms with Crippen molar-refractivity contribution in [2.75, 3.05) is 19.6 Å². The number of carbonyl (C=O) groups excluding carboxylic acids is 1. The van der Waals surface area contributed by atoms with Gasteiger partial charge in [0, 0.05) is 36.8 Å². The fourth-order valence-corrected chi connectivity index (χ4v) is 2.20. The van der Waals surface area contributed by atoms with Crippen molar-refractivity contribution in [3.8, 4) is 0 Å². The van der Waals surface area contributed by atoms with Crippen molar-refractivity contribution in [1.29, 1.82) is 0 Å². The van der Waals surface area contributed by atoms with Crippen LogP contribution in [0.3, 0.4) is 0 Å². The molecule has 0 spiro atoms. The van der Waals surface area contributed by atoms with Crippen molar-refractivity contribution in [3.05, 3.63) is 39.9 Å². The molecule has 1 aromatic rings. The Bertz CT molecular complexity index is 482. The number of ketones is 1. The van der Waals surface area contributed by atoms with E-state index in [1.54, 1.807) is 6.07 Å². The molecule has 1 saturated heterocycles. The molecule has 0 atom stereocenters. The van der Waals surface area contributed by atoms with Crippen molar-refractivity contribution in [2.24, 2.45) is 5.73 Å². The number of piperidine rings is 1. The average molecular weight is 263 g/mol. The van der Waals surface area contributed by atoms with E-state index in [-0.39, 0.29) is 17.5 Å². The smallest absolute Gasteiger partial charge is 0.270 e. The van der Waals surface area contributed by atoms with E-state index in [9.17, 15) is 14.9 Å². The highest BCUT2D eigenvalue weighted by Gasteiger charge is 2.19. The Balaban J connectivity index is 2.00. The highest BCUT2D eigenvalue weighted by Crippen LogP contribution is 2.15. The van der Waals surface area contributed by atoms with Gasteiger partial charge < -0.3 is 5.73 Å². The Morgan fingerprint density at radius 3 is 2.74 bits per heavy atom. The monoisotopic (exact) mass is 263 g/mol. The molecule has 1 fully saturated rings. The molecule has 102 valence electrons. The van der Waals surface area contributed by atoms with Gasteiger partial charge in [0.25, 0.3) is 5.69 Å². The SMILES string of the molecule is NC1CCN(CC(=O)c2cccc([N+](=O)[O-])c2)CC1. The molecule has 2 N–H and O–H groups in total. The molecule has 0 amide bonds. The second-order valence-corrected chi connectivity index (χ2v) is 4.84. The topological polar surface area (TPSA) is 89.5 Å². The molecule has 1 aliphatic heterocycles. The fraction of sp³-hybridized carbons (Fsp3) is 0.462. The molecule has 0 radical (unpaired) electrons. The average Bonchev–Trinajstić information content (AvgIpc) is 2.41. The zero-order valence-corrected chi connectivity index (χ0v) is 10.6. The normalized spacial score (nSPS) is 17.3. The Morgan fingerprint density at radius 2 is 2.11 bits per heavy atom. The first-order valence-corrected chi connectivity index (χ1v) is 6.32. The van der Waals surface area contributed by atoms with Gasteiger partial charge >= 0.3 is 0 Å². The number of benzene rings is 1. The Hall–Kier alpha value is -1.79. The summed E-state index contributed by atoms with van der Waals surface area (Å²) in [5.41, 5.74) is 6.15. The van der Waals surface area contributed by atoms with Crippen LogP contribution in [0.5, 0.6) is 0 Å². The number of nitro benzene ring substituents is 1. The molecule has 0 saturated carbocycles. The number of nitrogens with two attached hydrogens (primary N) is 1. The summed E-state index contributed by atoms with van der Waals surface area (Å²) in [6.07, 6.45) is 1.78. The highest BCUT2D eigenvalue weighted by molar-refractivity contribution is 5.98. The maximum absolute atomic E-state index is 12.1. The van der Waals surface area contributed by atoms with E-state index in [1.165, 1.54) is 18.2 Å². The largest absolute Gasteiger partial charge is 0.328 e. The molecule has 19 heavy (non-hydrogen) atoms. The lowest BCUT2D eigenvalue weighted by atomic mass is 10.0. The van der Waals surface area contributed by atoms with E-state index >= 15 is 0 Å². The predicted molar refractivity (Wildman–Crippen MR) is 71.1 cm³/mol. The summed E-state index contributed by atoms with van der Waals surface area (Å²) >= 11 is 0. The summed E-state index contributed by atoms with van der Waals surface area (Å²) in [4.78, 5) is 24.3. The van der Waals surface area contributed by atoms with Gasteiger partial charge in [-0.15, -0.1) is 0 Å². The lowest BCUT2D eigenvalue weighted by Crippen LogP contribution is -2.41. The van der Waals surface area contributed by atoms with Gasteiger partial charge in [-0.05, 0) is 12.8 Å². The van der Waals surface area contributed by atoms with E-state index in [4.69, 9.17) is 5.73 Å². The molecule has 0 bridgehead atoms. The summed E-state index contributed by atoms with van der Waals surface area (Å²) in [6, 6.07) is 6.10. The van der Waals surface area contributed by atoms with E-state index in [0.717, 1.165) is 25.9 Å². The van der Waals surface area contributed by atoms with Crippen LogP contribution in [-0.4, -0.2) is 41.3 Å². The third-order valence-corrected chi connectivity index (χ3v) is 3.38. The van der Waals surface area contributed by atoms with Crippen LogP contribution in [0.1, 0.15) is 23.2 Å². The van der Waals surface area contributed by atoms with Gasteiger partial charge in [0.1, 0.15) is 0 Å². The zero-order chi connectivity index (χ0) is 13.8. The van der Waals surface area contributed by atoms with Crippen molar-refractivity contribution in [1.82, 2.24) is 4.90 Å². The minimum atomic E-state index is -0.489. The van der Waals surface area contributed by atoms with Crippen LogP contribution in [0.2, 0.25) is 0 Å². The van der Waals surface area contributed by atoms with Crippen LogP contribution in [0.4, 0.5) is 5.69 Å². The summed E-state index contributed by atoms with van der Waals surface area (Å²) in [6.45, 7) is 1.91. The highest BCUT2D eigenvalue weighted by atomic mass is 16.6. The zero-order valence-electron chi connectivity index (χ0n) is 10.6. The number of Topliss-reactive ketones (excluding diaryl/α,β-unsaturated/α-hetero) is 1. The molecule has 0 unspecified atom stereocenters. The Kier molecular flexibility index (Phi) is 4.24. The Labute approximate surface area is 111 Å². The van der Waals surface area contributed by atoms with E-state index in [2.05, 4.69) is 0 Å². The molecular weight excluding hydrogens is 246 g/mol. The predicted octanol–water partition coefficient (Wildman–Crippen LogP) is 1.20. The number of carbonyl (C=O) groups is 1. The number of nitro groups is 1. The third-order valence-electron chi connectivity index (χ3n) is 3.38. The standard InChI is InChI=1S/C13H17N3O3/c14-11-4-6-15(7-5-11)9-13(17)10-2-1-3-12(8-10)16(18)19/h1-3,8,11H,4-7,9,14H2. The van der Waals surface area contributed by atoms with Gasteiger partial charge in [0.2, 0.25) is 0 Å². The van der Waals surface area contributed by atoms with Crippen molar-refractivity contribution in [3.63, 3.8) is 0 Å². The number of non-ortho nitro benzene ring substituents is 1. The van der Waals surface area contributed by atoms with Gasteiger partial charge in [0.05, 0.1) is 11.5 Å². The third kappa shape index (κ3) is 3.59. The van der Waals surface area contributed by atoms with Crippen LogP contribution in [0, 0.1) is 10.1 Å². The van der Waals surface area contributed by atoms with Crippen LogP contribution < -0.4 is 5.73 Å². The fourth-order valence-electron chi connectivity index (χ4n) is 2.20. The molecule has 1 heterocycles. The van der Waals surface area contributed by atoms with E-state index in [0.29, 0.717) is 12.1 Å². The van der Waals surface area contributed by atoms with E-state index in [1.807, 2.05) is 4.90 Å². The quantitative estimate of drug-likeness (QED) is 0.501. The number of hydrogen-bond donors (Lipinski definition) is 1. The van der Waals surface area contributed by atoms with Crippen LogP contribution in [0.15, 0.2) is 24.3 Å². The number of likely N-dealkylation sites (tertiary alicyclic amines) is 1. The maximum Gasteiger partial charge on any atom is 0.270 e. The van der Waals surface area contributed by atoms with Crippen LogP contribution in [-0.2, 0) is 0 Å². The number of hydrogen-bond acceptors (Lipinski definition) is 5. The summed E-state index contributed by atoms with van der Waals surface area (Å²) < 4.78 is 0. The van der Waals surface area contributed by atoms with Gasteiger partial charge in [0.15, 0.2) is 5.78 Å². The van der Waals surface area contributed by atoms with E-state index < -0.39 is 4.92 Å². The van der Waals surface area contributed by atoms with Crippen molar-refractivity contribution < 1.29 is 9.72 Å². The summed E-state index contributed by atoms with van der Waals surface area (Å²) in [7, 11) is 0. The minimum Gasteiger partial charge on any atom is -0.328 e. The molecule has 0 aromatic heterocycles. The lowest BCUT2D eigenvalue weighted by molar-refractivity contribution is -0.384. The number of rotatable bonds is 4. The van der Waals surface area contributed by atoms with Crippen LogP contribution in [0.25, 0.3) is 0 Å². The molecular formula is C13H17N3O3. The summed E-state index contributed by atoms with van der Waals surface area (Å²) in [5, 5.41) is 10.7. The molecule has 2 rings (SSSR count). The van der Waals surface area contributed by atoms with Gasteiger partial charge in [-0.25, -0.2) is 0 Å². The first-order chi connectivity index (χ1) is 9.06. The maximum atomic E-state index is 12.1. The second kappa shape index (κ2) is 5.90. The van der Waals surface area contributed by atoms with Crippen molar-refractivity contribution >= 4 is 11.5 Å². The second-order valence-electron chi connectivity index (χ2n) is 4.84. The molecule has 1 aliphatic rings. The molecule has 6 heteroatoms. The molecule has 0 aliphatic carbocycles. The minimum absolute atomic E-state index is 0.0495. The lowest BCUT2D eigenvalue weighted by Gasteiger charge is -2.29. The first kappa shape index (κ1) is 13.6. The van der Waals surface area contributed by atoms with Gasteiger partial charge in [-0.3, -0.25) is 19.8 Å². The van der Waals surface area contributed by atoms with Gasteiger partial charge in [-0.2, -0.15) is 0 Å². The number of nitrogens with zero attached hydrogens (tertiary/aromatic N) is 2. The van der Waals surface area contributed by atoms with Crippen LogP contribution >= 0.6 is 0 Å². The summed E-state index contributed by atoms with van der Waals surface area (Å²) in [5.74, 6) is -0.0841. The molecule has 6 nitrogen and oxygen atoms in total. The molecule has 1 aromatic carbocycles. The first-order valence-electron chi connectivity index (χ1n) is 6.32. The van der Waals surface area contributed by atoms with Gasteiger partial charge in [-0.1, -0.05) is 12.1 Å². The van der Waals surface area contributed by atoms with Crippen molar-refractivity contribution in [2.45, 2.75) is 18.9 Å².